The monoisotopic (exact) mass is 208 g/mol. The maximum Gasteiger partial charge on any atom is 0.329 e. The summed E-state index contributed by atoms with van der Waals surface area (Å²) in [6.45, 7) is 2.02. The van der Waals surface area contributed by atoms with Gasteiger partial charge in [0.2, 0.25) is 0 Å². The molecule has 2 aromatic heterocycles. The van der Waals surface area contributed by atoms with Crippen LogP contribution < -0.4 is 11.2 Å². The molecule has 15 heavy (non-hydrogen) atoms. The summed E-state index contributed by atoms with van der Waals surface area (Å²) in [6.07, 6.45) is 1.70. The fraction of sp³-hybridized carbons (Fsp3) is 0.444. The number of aromatic amines is 2. The Bertz CT molecular complexity index is 605. The predicted octanol–water partition coefficient (Wildman–Crippen LogP) is -0.0976. The van der Waals surface area contributed by atoms with E-state index >= 15 is 0 Å². The van der Waals surface area contributed by atoms with E-state index in [9.17, 15) is 9.59 Å². The van der Waals surface area contributed by atoms with E-state index in [-0.39, 0.29) is 0 Å². The molecule has 0 fully saturated rings. The smallest absolute Gasteiger partial charge is 0.329 e. The van der Waals surface area contributed by atoms with Crippen molar-refractivity contribution in [1.29, 1.82) is 0 Å². The molecule has 0 saturated heterocycles. The highest BCUT2D eigenvalue weighted by molar-refractivity contribution is 5.69. The Labute approximate surface area is 85.0 Å². The van der Waals surface area contributed by atoms with Crippen LogP contribution in [0.4, 0.5) is 0 Å². The van der Waals surface area contributed by atoms with Crippen molar-refractivity contribution in [2.75, 3.05) is 0 Å². The zero-order valence-corrected chi connectivity index (χ0v) is 8.63. The minimum Gasteiger partial charge on any atom is -0.336 e. The largest absolute Gasteiger partial charge is 0.336 e. The first-order chi connectivity index (χ1) is 7.13. The molecule has 0 aromatic carbocycles. The molecule has 0 radical (unpaired) electrons. The maximum absolute atomic E-state index is 11.4. The van der Waals surface area contributed by atoms with Crippen molar-refractivity contribution in [2.45, 2.75) is 19.8 Å². The van der Waals surface area contributed by atoms with Crippen LogP contribution in [0.1, 0.15) is 19.2 Å². The molecule has 0 aliphatic carbocycles. The minimum atomic E-state index is -0.443. The topological polar surface area (TPSA) is 83.5 Å². The van der Waals surface area contributed by atoms with E-state index in [1.54, 1.807) is 7.05 Å². The van der Waals surface area contributed by atoms with Gasteiger partial charge in [0.15, 0.2) is 5.65 Å². The SMILES string of the molecule is CCCc1nc2c([nH]1)c(=O)[nH]c(=O)n2C. The Morgan fingerprint density at radius 1 is 1.33 bits per heavy atom. The molecule has 0 spiro atoms. The van der Waals surface area contributed by atoms with Crippen LogP contribution in [0.2, 0.25) is 0 Å². The molecule has 0 saturated carbocycles. The van der Waals surface area contributed by atoms with E-state index in [2.05, 4.69) is 15.0 Å². The first-order valence-electron chi connectivity index (χ1n) is 4.81. The summed E-state index contributed by atoms with van der Waals surface area (Å²) in [5.74, 6) is 0.735. The van der Waals surface area contributed by atoms with E-state index in [0.717, 1.165) is 18.7 Å². The second-order valence-electron chi connectivity index (χ2n) is 3.45. The summed E-state index contributed by atoms with van der Waals surface area (Å²) < 4.78 is 1.33. The molecule has 0 bridgehead atoms. The molecule has 2 heterocycles. The zero-order valence-electron chi connectivity index (χ0n) is 8.63. The quantitative estimate of drug-likeness (QED) is 0.723. The molecular formula is C9H12N4O2. The van der Waals surface area contributed by atoms with Gasteiger partial charge in [0.25, 0.3) is 5.56 Å². The van der Waals surface area contributed by atoms with Crippen molar-refractivity contribution in [2.24, 2.45) is 7.05 Å². The summed E-state index contributed by atoms with van der Waals surface area (Å²) in [7, 11) is 1.58. The average molecular weight is 208 g/mol. The van der Waals surface area contributed by atoms with E-state index in [4.69, 9.17) is 0 Å². The molecular weight excluding hydrogens is 196 g/mol. The first kappa shape index (κ1) is 9.70. The predicted molar refractivity (Wildman–Crippen MR) is 56.0 cm³/mol. The fourth-order valence-corrected chi connectivity index (χ4v) is 1.51. The number of fused-ring (bicyclic) bond motifs is 1. The lowest BCUT2D eigenvalue weighted by molar-refractivity contribution is 0.823. The number of nitrogens with zero attached hydrogens (tertiary/aromatic N) is 2. The fourth-order valence-electron chi connectivity index (χ4n) is 1.51. The van der Waals surface area contributed by atoms with Gasteiger partial charge in [-0.1, -0.05) is 6.92 Å². The molecule has 6 heteroatoms. The van der Waals surface area contributed by atoms with Gasteiger partial charge in [0.1, 0.15) is 11.3 Å². The van der Waals surface area contributed by atoms with E-state index in [0.29, 0.717) is 11.2 Å². The van der Waals surface area contributed by atoms with Crippen LogP contribution in [0.5, 0.6) is 0 Å². The van der Waals surface area contributed by atoms with Crippen molar-refractivity contribution in [3.8, 4) is 0 Å². The first-order valence-corrected chi connectivity index (χ1v) is 4.81. The Morgan fingerprint density at radius 3 is 2.73 bits per heavy atom. The van der Waals surface area contributed by atoms with Crippen LogP contribution in [0.15, 0.2) is 9.59 Å². The van der Waals surface area contributed by atoms with E-state index in [1.165, 1.54) is 4.57 Å². The van der Waals surface area contributed by atoms with Crippen LogP contribution in [0, 0.1) is 0 Å². The summed E-state index contributed by atoms with van der Waals surface area (Å²) >= 11 is 0. The number of H-pyrrole nitrogens is 2. The minimum absolute atomic E-state index is 0.362. The summed E-state index contributed by atoms with van der Waals surface area (Å²) in [5, 5.41) is 0. The van der Waals surface area contributed by atoms with Gasteiger partial charge >= 0.3 is 5.69 Å². The Hall–Kier alpha value is -1.85. The number of aryl methyl sites for hydroxylation is 2. The van der Waals surface area contributed by atoms with Gasteiger partial charge in [0, 0.05) is 13.5 Å². The lowest BCUT2D eigenvalue weighted by Gasteiger charge is -1.94. The molecule has 0 aliphatic rings. The normalized spacial score (nSPS) is 11.1. The molecule has 6 nitrogen and oxygen atoms in total. The highest BCUT2D eigenvalue weighted by Crippen LogP contribution is 2.04. The molecule has 0 amide bonds. The van der Waals surface area contributed by atoms with Crippen molar-refractivity contribution in [3.63, 3.8) is 0 Å². The highest BCUT2D eigenvalue weighted by Gasteiger charge is 2.09. The van der Waals surface area contributed by atoms with Crippen LogP contribution >= 0.6 is 0 Å². The number of hydrogen-bond acceptors (Lipinski definition) is 3. The molecule has 2 rings (SSSR count). The molecule has 0 unspecified atom stereocenters. The van der Waals surface area contributed by atoms with Crippen molar-refractivity contribution in [1.82, 2.24) is 19.5 Å². The van der Waals surface area contributed by atoms with E-state index < -0.39 is 11.2 Å². The van der Waals surface area contributed by atoms with Gasteiger partial charge in [-0.05, 0) is 6.42 Å². The lowest BCUT2D eigenvalue weighted by atomic mass is 10.3. The standard InChI is InChI=1S/C9H12N4O2/c1-3-4-5-10-6-7(11-5)13(2)9(15)12-8(6)14/h3-4H2,1-2H3,(H,10,11)(H,12,14,15). The third-order valence-electron chi connectivity index (χ3n) is 2.29. The molecule has 0 aliphatic heterocycles. The maximum atomic E-state index is 11.4. The van der Waals surface area contributed by atoms with Gasteiger partial charge in [-0.15, -0.1) is 0 Å². The van der Waals surface area contributed by atoms with Crippen molar-refractivity contribution >= 4 is 11.2 Å². The van der Waals surface area contributed by atoms with Crippen LogP contribution in [-0.2, 0) is 13.5 Å². The second kappa shape index (κ2) is 3.38. The third-order valence-corrected chi connectivity index (χ3v) is 2.29. The lowest BCUT2D eigenvalue weighted by Crippen LogP contribution is -2.28. The van der Waals surface area contributed by atoms with Crippen LogP contribution in [-0.4, -0.2) is 19.5 Å². The summed E-state index contributed by atoms with van der Waals surface area (Å²) in [6, 6.07) is 0. The molecule has 2 aromatic rings. The second-order valence-corrected chi connectivity index (χ2v) is 3.45. The Balaban J connectivity index is 2.80. The molecule has 2 N–H and O–H groups in total. The summed E-state index contributed by atoms with van der Waals surface area (Å²) in [5.41, 5.74) is -0.0854. The highest BCUT2D eigenvalue weighted by atomic mass is 16.2. The van der Waals surface area contributed by atoms with Gasteiger partial charge < -0.3 is 4.98 Å². The third kappa shape index (κ3) is 1.47. The zero-order chi connectivity index (χ0) is 11.0. The number of imidazole rings is 1. The number of aromatic nitrogens is 4. The van der Waals surface area contributed by atoms with Crippen molar-refractivity contribution in [3.05, 3.63) is 26.7 Å². The number of nitrogens with one attached hydrogen (secondary N) is 2. The van der Waals surface area contributed by atoms with Gasteiger partial charge in [-0.25, -0.2) is 9.78 Å². The van der Waals surface area contributed by atoms with Gasteiger partial charge in [-0.3, -0.25) is 14.3 Å². The molecule has 80 valence electrons. The molecule has 0 atom stereocenters. The Morgan fingerprint density at radius 2 is 2.07 bits per heavy atom. The van der Waals surface area contributed by atoms with Gasteiger partial charge in [0.05, 0.1) is 0 Å². The Kier molecular flexibility index (Phi) is 2.18. The van der Waals surface area contributed by atoms with Crippen molar-refractivity contribution < 1.29 is 0 Å². The van der Waals surface area contributed by atoms with Crippen LogP contribution in [0.25, 0.3) is 11.2 Å². The van der Waals surface area contributed by atoms with E-state index in [1.807, 2.05) is 6.92 Å². The van der Waals surface area contributed by atoms with Crippen LogP contribution in [0.3, 0.4) is 0 Å². The number of hydrogen-bond donors (Lipinski definition) is 2. The van der Waals surface area contributed by atoms with Gasteiger partial charge in [-0.2, -0.15) is 0 Å². The number of rotatable bonds is 2. The average Bonchev–Trinajstić information content (AvgIpc) is 2.60. The summed E-state index contributed by atoms with van der Waals surface area (Å²) in [4.78, 5) is 32.1.